The summed E-state index contributed by atoms with van der Waals surface area (Å²) in [5, 5.41) is 0. The molecule has 1 spiro atoms. The van der Waals surface area contributed by atoms with Crippen molar-refractivity contribution in [2.75, 3.05) is 19.6 Å². The Hall–Kier alpha value is -0.180. The molecule has 106 valence electrons. The Morgan fingerprint density at radius 2 is 1.78 bits per heavy atom. The molecule has 1 saturated heterocycles. The van der Waals surface area contributed by atoms with Crippen LogP contribution in [0.15, 0.2) is 0 Å². The van der Waals surface area contributed by atoms with Crippen LogP contribution in [0.3, 0.4) is 0 Å². The summed E-state index contributed by atoms with van der Waals surface area (Å²) in [6, 6.07) is 0. The SMILES string of the molecule is CCN1CC2(CCC(CC(F)(F)C(C)C)CC2)C1. The zero-order valence-corrected chi connectivity index (χ0v) is 12.0. The molecule has 0 aromatic heterocycles. The summed E-state index contributed by atoms with van der Waals surface area (Å²) in [6.07, 6.45) is 4.47. The van der Waals surface area contributed by atoms with E-state index in [2.05, 4.69) is 11.8 Å². The van der Waals surface area contributed by atoms with E-state index in [4.69, 9.17) is 0 Å². The summed E-state index contributed by atoms with van der Waals surface area (Å²) in [7, 11) is 0. The number of alkyl halides is 2. The van der Waals surface area contributed by atoms with Crippen LogP contribution in [0.4, 0.5) is 8.78 Å². The standard InChI is InChI=1S/C15H27F2N/c1-4-18-10-14(11-18)7-5-13(6-8-14)9-15(16,17)12(2)3/h12-13H,4-11H2,1-3H3. The Labute approximate surface area is 110 Å². The van der Waals surface area contributed by atoms with Crippen LogP contribution in [0.25, 0.3) is 0 Å². The minimum atomic E-state index is -2.47. The minimum Gasteiger partial charge on any atom is -0.302 e. The van der Waals surface area contributed by atoms with Gasteiger partial charge in [-0.2, -0.15) is 0 Å². The van der Waals surface area contributed by atoms with Gasteiger partial charge in [0.05, 0.1) is 0 Å². The highest BCUT2D eigenvalue weighted by atomic mass is 19.3. The summed E-state index contributed by atoms with van der Waals surface area (Å²) >= 11 is 0. The molecule has 0 unspecified atom stereocenters. The number of likely N-dealkylation sites (tertiary alicyclic amines) is 1. The van der Waals surface area contributed by atoms with Crippen molar-refractivity contribution in [2.45, 2.75) is 58.8 Å². The molecule has 1 aliphatic heterocycles. The van der Waals surface area contributed by atoms with Gasteiger partial charge in [-0.15, -0.1) is 0 Å². The second-order valence-electron chi connectivity index (χ2n) is 6.87. The molecule has 1 nitrogen and oxygen atoms in total. The van der Waals surface area contributed by atoms with Gasteiger partial charge in [0.15, 0.2) is 0 Å². The molecule has 0 aromatic carbocycles. The lowest BCUT2D eigenvalue weighted by Gasteiger charge is -2.53. The van der Waals surface area contributed by atoms with Crippen LogP contribution in [-0.4, -0.2) is 30.5 Å². The van der Waals surface area contributed by atoms with E-state index < -0.39 is 11.8 Å². The quantitative estimate of drug-likeness (QED) is 0.732. The van der Waals surface area contributed by atoms with E-state index >= 15 is 0 Å². The highest BCUT2D eigenvalue weighted by Crippen LogP contribution is 2.48. The molecule has 1 aliphatic carbocycles. The average molecular weight is 259 g/mol. The van der Waals surface area contributed by atoms with Crippen LogP contribution in [0, 0.1) is 17.3 Å². The highest BCUT2D eigenvalue weighted by Gasteiger charge is 2.46. The molecule has 18 heavy (non-hydrogen) atoms. The number of hydrogen-bond acceptors (Lipinski definition) is 1. The number of hydrogen-bond donors (Lipinski definition) is 0. The second kappa shape index (κ2) is 5.07. The van der Waals surface area contributed by atoms with Crippen molar-refractivity contribution in [1.82, 2.24) is 4.90 Å². The van der Waals surface area contributed by atoms with Crippen molar-refractivity contribution in [3.8, 4) is 0 Å². The monoisotopic (exact) mass is 259 g/mol. The zero-order valence-electron chi connectivity index (χ0n) is 12.0. The maximum absolute atomic E-state index is 13.7. The van der Waals surface area contributed by atoms with E-state index in [-0.39, 0.29) is 12.3 Å². The van der Waals surface area contributed by atoms with E-state index in [1.807, 2.05) is 0 Å². The summed E-state index contributed by atoms with van der Waals surface area (Å²) < 4.78 is 27.5. The Kier molecular flexibility index (Phi) is 4.01. The predicted molar refractivity (Wildman–Crippen MR) is 70.9 cm³/mol. The first-order valence-electron chi connectivity index (χ1n) is 7.47. The highest BCUT2D eigenvalue weighted by molar-refractivity contribution is 4.97. The zero-order chi connectivity index (χ0) is 13.4. The van der Waals surface area contributed by atoms with E-state index in [0.717, 1.165) is 19.4 Å². The van der Waals surface area contributed by atoms with Crippen LogP contribution in [0.5, 0.6) is 0 Å². The Morgan fingerprint density at radius 3 is 2.22 bits per heavy atom. The molecule has 2 fully saturated rings. The third kappa shape index (κ3) is 2.87. The Balaban J connectivity index is 1.78. The van der Waals surface area contributed by atoms with Gasteiger partial charge in [-0.1, -0.05) is 20.8 Å². The number of rotatable bonds is 4. The first-order valence-corrected chi connectivity index (χ1v) is 7.47. The van der Waals surface area contributed by atoms with Crippen LogP contribution in [0.1, 0.15) is 52.9 Å². The molecule has 3 heteroatoms. The van der Waals surface area contributed by atoms with Gasteiger partial charge >= 0.3 is 0 Å². The van der Waals surface area contributed by atoms with Gasteiger partial charge in [0.25, 0.3) is 5.92 Å². The first-order chi connectivity index (χ1) is 8.37. The Bertz CT molecular complexity index is 272. The van der Waals surface area contributed by atoms with Gasteiger partial charge in [-0.25, -0.2) is 8.78 Å². The molecule has 0 N–H and O–H groups in total. The van der Waals surface area contributed by atoms with Gasteiger partial charge in [-0.05, 0) is 43.6 Å². The summed E-state index contributed by atoms with van der Waals surface area (Å²) in [6.45, 7) is 9.01. The first kappa shape index (κ1) is 14.2. The fourth-order valence-corrected chi connectivity index (χ4v) is 3.56. The third-order valence-electron chi connectivity index (χ3n) is 5.14. The molecule has 2 rings (SSSR count). The Morgan fingerprint density at radius 1 is 1.22 bits per heavy atom. The van der Waals surface area contributed by atoms with E-state index in [1.165, 1.54) is 25.9 Å². The van der Waals surface area contributed by atoms with Crippen LogP contribution < -0.4 is 0 Å². The molecule has 0 atom stereocenters. The topological polar surface area (TPSA) is 3.24 Å². The summed E-state index contributed by atoms with van der Waals surface area (Å²) in [5.74, 6) is -2.74. The fourth-order valence-electron chi connectivity index (χ4n) is 3.56. The average Bonchev–Trinajstić information content (AvgIpc) is 2.26. The van der Waals surface area contributed by atoms with Gasteiger partial charge in [0.1, 0.15) is 0 Å². The van der Waals surface area contributed by atoms with Gasteiger partial charge in [0, 0.05) is 25.4 Å². The van der Waals surface area contributed by atoms with Crippen molar-refractivity contribution in [3.05, 3.63) is 0 Å². The summed E-state index contributed by atoms with van der Waals surface area (Å²) in [5.41, 5.74) is 0.500. The van der Waals surface area contributed by atoms with Gasteiger partial charge in [0.2, 0.25) is 0 Å². The lowest BCUT2D eigenvalue weighted by Crippen LogP contribution is -2.57. The van der Waals surface area contributed by atoms with Gasteiger partial charge in [-0.3, -0.25) is 0 Å². The van der Waals surface area contributed by atoms with E-state index in [0.29, 0.717) is 5.41 Å². The van der Waals surface area contributed by atoms with Gasteiger partial charge < -0.3 is 4.90 Å². The third-order valence-corrected chi connectivity index (χ3v) is 5.14. The van der Waals surface area contributed by atoms with E-state index in [1.54, 1.807) is 13.8 Å². The molecule has 0 amide bonds. The van der Waals surface area contributed by atoms with Crippen molar-refractivity contribution < 1.29 is 8.78 Å². The normalized spacial score (nSPS) is 25.7. The van der Waals surface area contributed by atoms with Crippen LogP contribution in [-0.2, 0) is 0 Å². The second-order valence-corrected chi connectivity index (χ2v) is 6.87. The van der Waals surface area contributed by atoms with Crippen LogP contribution in [0.2, 0.25) is 0 Å². The maximum atomic E-state index is 13.7. The lowest BCUT2D eigenvalue weighted by atomic mass is 9.65. The van der Waals surface area contributed by atoms with Crippen molar-refractivity contribution in [2.24, 2.45) is 17.3 Å². The fraction of sp³-hybridized carbons (Fsp3) is 1.00. The van der Waals surface area contributed by atoms with E-state index in [9.17, 15) is 8.78 Å². The van der Waals surface area contributed by atoms with Crippen molar-refractivity contribution >= 4 is 0 Å². The molecular formula is C15H27F2N. The largest absolute Gasteiger partial charge is 0.302 e. The molecule has 1 heterocycles. The smallest absolute Gasteiger partial charge is 0.250 e. The molecule has 0 radical (unpaired) electrons. The summed E-state index contributed by atoms with van der Waals surface area (Å²) in [4.78, 5) is 2.46. The van der Waals surface area contributed by atoms with Crippen LogP contribution >= 0.6 is 0 Å². The number of nitrogens with zero attached hydrogens (tertiary/aromatic N) is 1. The van der Waals surface area contributed by atoms with Crippen molar-refractivity contribution in [1.29, 1.82) is 0 Å². The maximum Gasteiger partial charge on any atom is 0.250 e. The molecule has 0 bridgehead atoms. The molecule has 2 aliphatic rings. The number of halogens is 2. The minimum absolute atomic E-state index is 0.109. The molecular weight excluding hydrogens is 232 g/mol. The lowest BCUT2D eigenvalue weighted by molar-refractivity contribution is -0.0848. The molecule has 0 aromatic rings. The predicted octanol–water partition coefficient (Wildman–Crippen LogP) is 4.18. The van der Waals surface area contributed by atoms with Crippen molar-refractivity contribution in [3.63, 3.8) is 0 Å². The molecule has 1 saturated carbocycles.